The van der Waals surface area contributed by atoms with Crippen molar-refractivity contribution < 1.29 is 9.21 Å². The van der Waals surface area contributed by atoms with Crippen LogP contribution in [0, 0.1) is 5.92 Å². The summed E-state index contributed by atoms with van der Waals surface area (Å²) in [5, 5.41) is 4.24. The van der Waals surface area contributed by atoms with E-state index in [1.165, 1.54) is 0 Å². The summed E-state index contributed by atoms with van der Waals surface area (Å²) in [5.74, 6) is 1.07. The smallest absolute Gasteiger partial charge is 0.223 e. The van der Waals surface area contributed by atoms with Gasteiger partial charge in [-0.05, 0) is 30.5 Å². The number of para-hydroxylation sites is 1. The molecule has 1 atom stereocenters. The number of nitrogens with one attached hydrogen (secondary N) is 1. The van der Waals surface area contributed by atoms with Gasteiger partial charge in [0.2, 0.25) is 5.91 Å². The monoisotopic (exact) mass is 305 g/mol. The quantitative estimate of drug-likeness (QED) is 0.774. The Morgan fingerprint density at radius 2 is 1.78 bits per heavy atom. The Hall–Kier alpha value is -2.55. The summed E-state index contributed by atoms with van der Waals surface area (Å²) in [6.07, 6.45) is 3.14. The first-order valence-electron chi connectivity index (χ1n) is 8.15. The molecular weight excluding hydrogens is 286 g/mol. The maximum atomic E-state index is 12.4. The molecule has 1 amide bonds. The first-order chi connectivity index (χ1) is 11.3. The number of hydrogen-bond acceptors (Lipinski definition) is 2. The second-order valence-corrected chi connectivity index (χ2v) is 6.17. The molecule has 2 aromatic carbocycles. The average Bonchev–Trinajstić information content (AvgIpc) is 2.95. The van der Waals surface area contributed by atoms with Crippen molar-refractivity contribution in [3.8, 4) is 0 Å². The standard InChI is InChI=1S/C20H19NO2/c22-20(15-10-6-11-15)21-19(14-7-2-1-3-8-14)18-13-16-9-4-5-12-17(16)23-18/h1-5,7-9,12-13,15,19H,6,10-11H2,(H,21,22)/t19-/m0/s1. The topological polar surface area (TPSA) is 42.2 Å². The minimum absolute atomic E-state index is 0.130. The molecule has 0 saturated heterocycles. The molecular formula is C20H19NO2. The Labute approximate surface area is 135 Å². The predicted octanol–water partition coefficient (Wildman–Crippen LogP) is 4.44. The number of carbonyl (C=O) groups excluding carboxylic acids is 1. The molecule has 1 saturated carbocycles. The third-order valence-corrected chi connectivity index (χ3v) is 4.62. The summed E-state index contributed by atoms with van der Waals surface area (Å²) in [5.41, 5.74) is 1.89. The van der Waals surface area contributed by atoms with Gasteiger partial charge in [0.15, 0.2) is 0 Å². The van der Waals surface area contributed by atoms with E-state index in [9.17, 15) is 4.79 Å². The zero-order valence-electron chi connectivity index (χ0n) is 12.9. The Morgan fingerprint density at radius 3 is 2.48 bits per heavy atom. The number of fused-ring (bicyclic) bond motifs is 1. The zero-order chi connectivity index (χ0) is 15.6. The van der Waals surface area contributed by atoms with E-state index in [0.29, 0.717) is 0 Å². The second-order valence-electron chi connectivity index (χ2n) is 6.17. The van der Waals surface area contributed by atoms with E-state index in [1.807, 2.05) is 60.7 Å². The SMILES string of the molecule is O=C(N[C@@H](c1ccccc1)c1cc2ccccc2o1)C1CCC1. The van der Waals surface area contributed by atoms with Crippen LogP contribution in [0.1, 0.15) is 36.6 Å². The van der Waals surface area contributed by atoms with E-state index >= 15 is 0 Å². The molecule has 23 heavy (non-hydrogen) atoms. The van der Waals surface area contributed by atoms with E-state index in [-0.39, 0.29) is 17.9 Å². The van der Waals surface area contributed by atoms with Gasteiger partial charge in [0.1, 0.15) is 17.4 Å². The van der Waals surface area contributed by atoms with Crippen molar-refractivity contribution >= 4 is 16.9 Å². The molecule has 1 aromatic heterocycles. The lowest BCUT2D eigenvalue weighted by Gasteiger charge is -2.27. The van der Waals surface area contributed by atoms with Gasteiger partial charge in [-0.1, -0.05) is 55.0 Å². The van der Waals surface area contributed by atoms with Crippen molar-refractivity contribution in [2.75, 3.05) is 0 Å². The third-order valence-electron chi connectivity index (χ3n) is 4.62. The maximum absolute atomic E-state index is 12.4. The van der Waals surface area contributed by atoms with Crippen LogP contribution in [0.4, 0.5) is 0 Å². The maximum Gasteiger partial charge on any atom is 0.223 e. The fourth-order valence-electron chi connectivity index (χ4n) is 3.04. The molecule has 1 aliphatic carbocycles. The van der Waals surface area contributed by atoms with Crippen LogP contribution in [0.2, 0.25) is 0 Å². The third kappa shape index (κ3) is 2.74. The van der Waals surface area contributed by atoms with Crippen molar-refractivity contribution in [2.45, 2.75) is 25.3 Å². The zero-order valence-corrected chi connectivity index (χ0v) is 12.9. The van der Waals surface area contributed by atoms with Crippen LogP contribution < -0.4 is 5.32 Å². The van der Waals surface area contributed by atoms with Gasteiger partial charge in [-0.15, -0.1) is 0 Å². The lowest BCUT2D eigenvalue weighted by atomic mass is 9.84. The predicted molar refractivity (Wildman–Crippen MR) is 90.0 cm³/mol. The summed E-state index contributed by atoms with van der Waals surface area (Å²) in [7, 11) is 0. The van der Waals surface area contributed by atoms with Gasteiger partial charge in [-0.25, -0.2) is 0 Å². The minimum atomic E-state index is -0.239. The number of benzene rings is 2. The highest BCUT2D eigenvalue weighted by Gasteiger charge is 2.29. The molecule has 0 aliphatic heterocycles. The van der Waals surface area contributed by atoms with Crippen molar-refractivity contribution in [2.24, 2.45) is 5.92 Å². The van der Waals surface area contributed by atoms with Crippen LogP contribution in [-0.2, 0) is 4.79 Å². The van der Waals surface area contributed by atoms with E-state index in [4.69, 9.17) is 4.42 Å². The second kappa shape index (κ2) is 5.92. The van der Waals surface area contributed by atoms with Crippen LogP contribution in [0.25, 0.3) is 11.0 Å². The number of hydrogen-bond donors (Lipinski definition) is 1. The number of furan rings is 1. The van der Waals surface area contributed by atoms with E-state index in [2.05, 4.69) is 5.32 Å². The molecule has 3 heteroatoms. The molecule has 1 N–H and O–H groups in total. The molecule has 3 aromatic rings. The highest BCUT2D eigenvalue weighted by molar-refractivity contribution is 5.81. The molecule has 1 fully saturated rings. The molecule has 3 nitrogen and oxygen atoms in total. The highest BCUT2D eigenvalue weighted by atomic mass is 16.3. The van der Waals surface area contributed by atoms with Gasteiger partial charge in [0.05, 0.1) is 0 Å². The van der Waals surface area contributed by atoms with Crippen molar-refractivity contribution in [3.63, 3.8) is 0 Å². The molecule has 0 spiro atoms. The normalized spacial score (nSPS) is 16.0. The lowest BCUT2D eigenvalue weighted by Crippen LogP contribution is -2.37. The lowest BCUT2D eigenvalue weighted by molar-refractivity contribution is -0.128. The van der Waals surface area contributed by atoms with Gasteiger partial charge >= 0.3 is 0 Å². The number of rotatable bonds is 4. The molecule has 0 radical (unpaired) electrons. The van der Waals surface area contributed by atoms with Crippen molar-refractivity contribution in [1.82, 2.24) is 5.32 Å². The van der Waals surface area contributed by atoms with E-state index in [0.717, 1.165) is 41.6 Å². The van der Waals surface area contributed by atoms with Crippen molar-refractivity contribution in [3.05, 3.63) is 72.0 Å². The summed E-state index contributed by atoms with van der Waals surface area (Å²) >= 11 is 0. The molecule has 0 bridgehead atoms. The van der Waals surface area contributed by atoms with Gasteiger partial charge in [-0.2, -0.15) is 0 Å². The van der Waals surface area contributed by atoms with Gasteiger partial charge < -0.3 is 9.73 Å². The first-order valence-corrected chi connectivity index (χ1v) is 8.15. The summed E-state index contributed by atoms with van der Waals surface area (Å²) < 4.78 is 6.00. The number of amides is 1. The van der Waals surface area contributed by atoms with Crippen LogP contribution in [0.3, 0.4) is 0 Å². The van der Waals surface area contributed by atoms with Gasteiger partial charge in [0.25, 0.3) is 0 Å². The Morgan fingerprint density at radius 1 is 1.04 bits per heavy atom. The Bertz CT molecular complexity index is 785. The van der Waals surface area contributed by atoms with Gasteiger partial charge in [0, 0.05) is 11.3 Å². The van der Waals surface area contributed by atoms with Crippen LogP contribution >= 0.6 is 0 Å². The van der Waals surface area contributed by atoms with Crippen LogP contribution in [0.5, 0.6) is 0 Å². The van der Waals surface area contributed by atoms with Gasteiger partial charge in [-0.3, -0.25) is 4.79 Å². The highest BCUT2D eigenvalue weighted by Crippen LogP contribution is 2.31. The summed E-state index contributed by atoms with van der Waals surface area (Å²) in [4.78, 5) is 12.4. The molecule has 1 heterocycles. The Balaban J connectivity index is 1.70. The Kier molecular flexibility index (Phi) is 3.62. The van der Waals surface area contributed by atoms with Crippen LogP contribution in [-0.4, -0.2) is 5.91 Å². The van der Waals surface area contributed by atoms with E-state index < -0.39 is 0 Å². The fraction of sp³-hybridized carbons (Fsp3) is 0.250. The fourth-order valence-corrected chi connectivity index (χ4v) is 3.04. The van der Waals surface area contributed by atoms with Crippen molar-refractivity contribution in [1.29, 1.82) is 0 Å². The molecule has 0 unspecified atom stereocenters. The molecule has 1 aliphatic rings. The first kappa shape index (κ1) is 14.1. The summed E-state index contributed by atoms with van der Waals surface area (Å²) in [6.45, 7) is 0. The van der Waals surface area contributed by atoms with E-state index in [1.54, 1.807) is 0 Å². The minimum Gasteiger partial charge on any atom is -0.459 e. The largest absolute Gasteiger partial charge is 0.459 e. The molecule has 116 valence electrons. The average molecular weight is 305 g/mol. The van der Waals surface area contributed by atoms with Crippen LogP contribution in [0.15, 0.2) is 65.1 Å². The molecule has 4 rings (SSSR count). The number of carbonyl (C=O) groups is 1. The summed E-state index contributed by atoms with van der Waals surface area (Å²) in [6, 6.07) is 19.7.